The molecule has 133 heavy (non-hydrogen) atoms. The van der Waals surface area contributed by atoms with E-state index in [1.165, 1.54) is 5.56 Å². The lowest BCUT2D eigenvalue weighted by molar-refractivity contribution is -0.201. The van der Waals surface area contributed by atoms with Crippen molar-refractivity contribution in [2.75, 3.05) is 89.5 Å². The summed E-state index contributed by atoms with van der Waals surface area (Å²) in [5, 5.41) is 96.2. The summed E-state index contributed by atoms with van der Waals surface area (Å²) in [6, 6.07) is 21.8. The summed E-state index contributed by atoms with van der Waals surface area (Å²) in [5.74, 6) is -12.5. The minimum atomic E-state index is -2.49. The second-order valence-corrected chi connectivity index (χ2v) is 38.9. The monoisotopic (exact) mass is 1880 g/mol. The van der Waals surface area contributed by atoms with Gasteiger partial charge in [-0.1, -0.05) is 146 Å². The number of aromatic amines is 1. The van der Waals surface area contributed by atoms with E-state index in [0.29, 0.717) is 101 Å². The summed E-state index contributed by atoms with van der Waals surface area (Å²) in [7, 11) is 5.58. The number of methoxy groups -OCH3 is 1. The van der Waals surface area contributed by atoms with Gasteiger partial charge in [-0.2, -0.15) is 0 Å². The van der Waals surface area contributed by atoms with E-state index >= 15 is 4.79 Å². The van der Waals surface area contributed by atoms with E-state index in [1.807, 2.05) is 50.1 Å². The van der Waals surface area contributed by atoms with Crippen LogP contribution in [0, 0.1) is 23.2 Å². The molecule has 1 saturated carbocycles. The van der Waals surface area contributed by atoms with Crippen LogP contribution in [0.25, 0.3) is 10.9 Å². The summed E-state index contributed by atoms with van der Waals surface area (Å²) in [5.41, 5.74) is 7.32. The SMILES string of the molecule is CC[C@]1(O)CC2CN(CCc3c([nH]c4ccccc34)[C@@](C)(c3cc4c(cc3OC)N(C)C3[C@]45CCN4CC=C[C@@](CC)([C@@H](O)[C@]3(O)C(=O)CNC(=O)OCCSSC[C@H](CC(=O)[C@H](CC(=O)O)NC(=O)[C@@H](N)CNC(=O)[C@@H](CC(=O)[C@H](Cc3ccccc3)NC(=O)CCCCCCCNC(=O)CC[C@H](NC(=O)N[C@@H](CCC(=O)O)OC=O)C(=O)O)Cc3ccccc3)C(=O)O)[C@H]45)C2)C1. The minimum Gasteiger partial charge on any atom is -0.496 e. The molecule has 1 aliphatic carbocycles. The number of urea groups is 1. The van der Waals surface area contributed by atoms with Crippen molar-refractivity contribution in [3.05, 3.63) is 143 Å². The highest BCUT2D eigenvalue weighted by atomic mass is 33.1. The molecule has 38 heteroatoms. The molecule has 0 radical (unpaired) electrons. The van der Waals surface area contributed by atoms with E-state index in [2.05, 4.69) is 87.9 Å². The van der Waals surface area contributed by atoms with E-state index in [4.69, 9.17) is 20.3 Å². The third-order valence-electron chi connectivity index (χ3n) is 27.4. The molecule has 7 amide bonds. The maximum Gasteiger partial charge on any atom is 0.407 e. The zero-order valence-corrected chi connectivity index (χ0v) is 77.4. The Labute approximate surface area is 779 Å². The number of anilines is 1. The number of hydrogen-bond acceptors (Lipinski definition) is 26. The fraction of sp³-hybridized carbons (Fsp3) is 0.558. The standard InChI is InChI=1S/C95H126N12O24S2/c1-6-92(127)50-59-49-91(3,81-63(33-38-106(53-59)55-92)62-26-18-19-27-67(62)101-81)65-46-64-71(48-74(65)129-5)105(4)87-94(64)35-39-107-37-21-34-93(7-2,86(94)107)88(124)95(87,128)75(111)52-99-90(126)130-40-41-132-133-54-61(84(120)121)45-73(110)70(47-80(116)117)102-83(119)66(96)51-98-82(118)60(42-57-22-13-11-14-23-57)44-72(109)69(43-58-24-15-12-16-25-58)100-77(113)28-17-9-8-10-20-36-97-76(112)30-29-68(85(122)123)103-89(125)104-78(131-56-108)31-32-79(114)115/h11-16,18-19,21-27,34,46,48,56,59-61,66,68-70,78,86-88,101,124,127-128H,6-10,17,20,28-33,35-45,47,49-55,96H2,1-5H3,(H,97,112)(H,98,118)(H,99,126)(H,100,113)(H,102,119)(H,114,115)(H,116,117)(H,120,121)(H,122,123)(H2,103,104,125)/t59?,60-,61+,66+,68+,69+,70+,78-,86+,87?,88-,91-,92+,93-,94-,95+/m1/s1. The molecule has 6 heterocycles. The Morgan fingerprint density at radius 1 is 0.684 bits per heavy atom. The molecule has 5 aliphatic heterocycles. The predicted octanol–water partition coefficient (Wildman–Crippen LogP) is 5.73. The van der Waals surface area contributed by atoms with Crippen molar-refractivity contribution in [1.29, 1.82) is 0 Å². The summed E-state index contributed by atoms with van der Waals surface area (Å²) in [6.45, 7) is 8.32. The Morgan fingerprint density at radius 3 is 2.06 bits per heavy atom. The number of aliphatic hydroxyl groups is 3. The van der Waals surface area contributed by atoms with Gasteiger partial charge in [-0.05, 0) is 124 Å². The van der Waals surface area contributed by atoms with Gasteiger partial charge < -0.3 is 103 Å². The van der Waals surface area contributed by atoms with Crippen molar-refractivity contribution in [2.24, 2.45) is 28.9 Å². The van der Waals surface area contributed by atoms with Gasteiger partial charge in [0.05, 0.1) is 56.1 Å². The van der Waals surface area contributed by atoms with Crippen LogP contribution in [0.1, 0.15) is 170 Å². The number of piperidine rings is 1. The van der Waals surface area contributed by atoms with Crippen molar-refractivity contribution >= 4 is 122 Å². The number of benzene rings is 4. The number of nitrogens with one attached hydrogen (secondary N) is 8. The average molecular weight is 1880 g/mol. The number of H-pyrrole nitrogens is 1. The first-order valence-corrected chi connectivity index (χ1v) is 48.1. The maximum atomic E-state index is 15.4. The zero-order valence-electron chi connectivity index (χ0n) is 75.8. The van der Waals surface area contributed by atoms with Gasteiger partial charge in [0.15, 0.2) is 29.2 Å². The highest BCUT2D eigenvalue weighted by Gasteiger charge is 2.78. The number of carboxylic acids is 4. The smallest absolute Gasteiger partial charge is 0.407 e. The van der Waals surface area contributed by atoms with Crippen molar-refractivity contribution in [3.63, 3.8) is 0 Å². The van der Waals surface area contributed by atoms with E-state index in [1.54, 1.807) is 67.8 Å². The lowest BCUT2D eigenvalue weighted by Gasteiger charge is -2.63. The zero-order chi connectivity index (χ0) is 96.1. The number of hydrogen-bond donors (Lipinski definition) is 16. The molecule has 3 fully saturated rings. The maximum absolute atomic E-state index is 15.4. The number of likely N-dealkylation sites (N-methyl/N-ethyl adjacent to an activating group) is 1. The first-order chi connectivity index (χ1) is 63.5. The Hall–Kier alpha value is -11.0. The molecular formula is C95H126N12O24S2. The van der Waals surface area contributed by atoms with Crippen LogP contribution >= 0.6 is 21.6 Å². The molecule has 17 atom stereocenters. The number of amides is 7. The number of nitrogens with two attached hydrogens (primary N) is 1. The number of carbonyl (C=O) groups excluding carboxylic acids is 10. The third kappa shape index (κ3) is 24.6. The molecule has 722 valence electrons. The normalized spacial score (nSPS) is 24.2. The fourth-order valence-corrected chi connectivity index (χ4v) is 23.1. The number of rotatable bonds is 51. The molecule has 1 aromatic heterocycles. The van der Waals surface area contributed by atoms with Crippen LogP contribution in [0.5, 0.6) is 5.75 Å². The van der Waals surface area contributed by atoms with Gasteiger partial charge >= 0.3 is 36.0 Å². The van der Waals surface area contributed by atoms with E-state index in [9.17, 15) is 93.0 Å². The Bertz CT molecular complexity index is 5050. The summed E-state index contributed by atoms with van der Waals surface area (Å²) in [4.78, 5) is 193. The van der Waals surface area contributed by atoms with Crippen LogP contribution in [-0.2, 0) is 97.1 Å². The minimum absolute atomic E-state index is 0.00135. The summed E-state index contributed by atoms with van der Waals surface area (Å²) in [6.07, 6.45) is 3.12. The van der Waals surface area contributed by atoms with E-state index in [0.717, 1.165) is 74.5 Å². The quantitative estimate of drug-likeness (QED) is 0.00726. The molecule has 2 bridgehead atoms. The third-order valence-corrected chi connectivity index (χ3v) is 29.9. The number of para-hydroxylation sites is 1. The predicted molar refractivity (Wildman–Crippen MR) is 494 cm³/mol. The van der Waals surface area contributed by atoms with Crippen molar-refractivity contribution in [3.8, 4) is 5.75 Å². The topological polar surface area (TPSA) is 544 Å². The van der Waals surface area contributed by atoms with Gasteiger partial charge in [0.2, 0.25) is 23.6 Å². The number of ether oxygens (including phenoxy) is 3. The first kappa shape index (κ1) is 103. The number of aromatic nitrogens is 1. The van der Waals surface area contributed by atoms with Gasteiger partial charge in [0.1, 0.15) is 30.5 Å². The number of unbranched alkanes of at least 4 members (excludes halogenated alkanes) is 4. The number of Topliss-reactive ketones (excluding diaryl/α,β-unsaturated/α-hetero) is 3. The number of nitrogens with zero attached hydrogens (tertiary/aromatic N) is 3. The molecule has 36 nitrogen and oxygen atoms in total. The number of aliphatic hydroxyl groups excluding tert-OH is 1. The molecule has 5 aromatic rings. The van der Waals surface area contributed by atoms with Crippen LogP contribution in [0.3, 0.4) is 0 Å². The first-order valence-electron chi connectivity index (χ1n) is 45.6. The van der Waals surface area contributed by atoms with Crippen LogP contribution < -0.4 is 52.6 Å². The molecule has 2 saturated heterocycles. The molecule has 1 spiro atoms. The molecule has 11 rings (SSSR count). The number of ketones is 3. The molecule has 6 aliphatic rings. The van der Waals surface area contributed by atoms with Gasteiger partial charge in [-0.3, -0.25) is 62.5 Å². The molecule has 3 unspecified atom stereocenters. The highest BCUT2D eigenvalue weighted by molar-refractivity contribution is 8.76. The van der Waals surface area contributed by atoms with E-state index < -0.39 is 191 Å². The van der Waals surface area contributed by atoms with Gasteiger partial charge in [-0.25, -0.2) is 14.4 Å². The lowest BCUT2D eigenvalue weighted by Crippen LogP contribution is -2.81. The second-order valence-electron chi connectivity index (χ2n) is 36.2. The fourth-order valence-electron chi connectivity index (χ4n) is 21.0. The number of alkyl carbamates (subject to hydrolysis) is 1. The number of carbonyl (C=O) groups is 14. The van der Waals surface area contributed by atoms with Crippen molar-refractivity contribution in [2.45, 2.75) is 226 Å². The van der Waals surface area contributed by atoms with Gasteiger partial charge in [-0.15, -0.1) is 0 Å². The number of fused-ring (bicyclic) bond motifs is 6. The van der Waals surface area contributed by atoms with E-state index in [-0.39, 0.29) is 88.0 Å². The molecule has 17 N–H and O–H groups in total. The van der Waals surface area contributed by atoms with Crippen LogP contribution in [-0.4, -0.2) is 278 Å². The average Bonchev–Trinajstić information content (AvgIpc) is 1.47. The lowest BCUT2D eigenvalue weighted by atomic mass is 9.47. The van der Waals surface area contributed by atoms with Crippen LogP contribution in [0.15, 0.2) is 109 Å². The second kappa shape index (κ2) is 46.3. The Balaban J connectivity index is 0.647. The van der Waals surface area contributed by atoms with Gasteiger partial charge in [0.25, 0.3) is 6.47 Å². The largest absolute Gasteiger partial charge is 0.496 e. The Kier molecular flexibility index (Phi) is 35.7. The van der Waals surface area contributed by atoms with Crippen molar-refractivity contribution in [1.82, 2.24) is 52.0 Å². The molecule has 4 aromatic carbocycles. The van der Waals surface area contributed by atoms with Gasteiger partial charge in [0, 0.05) is 152 Å². The molecular weight excluding hydrogens is 1760 g/mol. The highest BCUT2D eigenvalue weighted by Crippen LogP contribution is 2.68. The Morgan fingerprint density at radius 2 is 1.38 bits per heavy atom. The van der Waals surface area contributed by atoms with Crippen LogP contribution in [0.4, 0.5) is 15.3 Å². The number of aliphatic carboxylic acids is 4. The number of carboxylic acid groups (broad SMARTS) is 4. The summed E-state index contributed by atoms with van der Waals surface area (Å²) >= 11 is 0. The van der Waals surface area contributed by atoms with Crippen LogP contribution in [0.2, 0.25) is 0 Å². The van der Waals surface area contributed by atoms with Crippen molar-refractivity contribution < 1.29 is 117 Å². The summed E-state index contributed by atoms with van der Waals surface area (Å²) < 4.78 is 16.6.